The van der Waals surface area contributed by atoms with Crippen LogP contribution in [0.1, 0.15) is 31.4 Å². The van der Waals surface area contributed by atoms with Gasteiger partial charge < -0.3 is 10.1 Å². The van der Waals surface area contributed by atoms with Crippen LogP contribution < -0.4 is 5.32 Å². The Kier molecular flexibility index (Phi) is 5.31. The van der Waals surface area contributed by atoms with Crippen LogP contribution in [0.4, 0.5) is 0 Å². The number of hydrogen-bond acceptors (Lipinski definition) is 2. The third kappa shape index (κ3) is 3.86. The van der Waals surface area contributed by atoms with E-state index < -0.39 is 0 Å². The standard InChI is InChI=1S/C14H19Cl2NO/c1-10(13-7-12(15)4-5-14(13)16)17-8-11-3-2-6-18-9-11/h4-5,7,10-11,17H,2-3,6,8-9H2,1H3. The second-order valence-electron chi connectivity index (χ2n) is 4.88. The Labute approximate surface area is 119 Å². The lowest BCUT2D eigenvalue weighted by molar-refractivity contribution is 0.0540. The number of rotatable bonds is 4. The lowest BCUT2D eigenvalue weighted by atomic mass is 10.0. The van der Waals surface area contributed by atoms with Crippen LogP contribution in [0.25, 0.3) is 0 Å². The second kappa shape index (κ2) is 6.76. The van der Waals surface area contributed by atoms with E-state index in [1.807, 2.05) is 18.2 Å². The monoisotopic (exact) mass is 287 g/mol. The normalized spacial score (nSPS) is 21.8. The van der Waals surface area contributed by atoms with Gasteiger partial charge in [-0.25, -0.2) is 0 Å². The molecule has 2 rings (SSSR count). The smallest absolute Gasteiger partial charge is 0.0506 e. The molecule has 2 unspecified atom stereocenters. The predicted molar refractivity (Wildman–Crippen MR) is 76.4 cm³/mol. The Balaban J connectivity index is 1.90. The number of hydrogen-bond donors (Lipinski definition) is 1. The van der Waals surface area contributed by atoms with Gasteiger partial charge in [-0.15, -0.1) is 0 Å². The first-order valence-corrected chi connectivity index (χ1v) is 7.18. The van der Waals surface area contributed by atoms with Gasteiger partial charge in [0.1, 0.15) is 0 Å². The van der Waals surface area contributed by atoms with Crippen molar-refractivity contribution < 1.29 is 4.74 Å². The summed E-state index contributed by atoms with van der Waals surface area (Å²) in [5, 5.41) is 5.00. The Morgan fingerprint density at radius 1 is 1.44 bits per heavy atom. The molecule has 2 nitrogen and oxygen atoms in total. The first kappa shape index (κ1) is 14.1. The van der Waals surface area contributed by atoms with E-state index in [9.17, 15) is 0 Å². The summed E-state index contributed by atoms with van der Waals surface area (Å²) in [4.78, 5) is 0. The fraction of sp³-hybridized carbons (Fsp3) is 0.571. The van der Waals surface area contributed by atoms with E-state index in [1.165, 1.54) is 12.8 Å². The molecule has 0 radical (unpaired) electrons. The molecular formula is C14H19Cl2NO. The van der Waals surface area contributed by atoms with E-state index in [-0.39, 0.29) is 6.04 Å². The zero-order chi connectivity index (χ0) is 13.0. The highest BCUT2D eigenvalue weighted by molar-refractivity contribution is 6.33. The molecular weight excluding hydrogens is 269 g/mol. The Hall–Kier alpha value is -0.280. The molecule has 0 amide bonds. The number of benzene rings is 1. The highest BCUT2D eigenvalue weighted by atomic mass is 35.5. The first-order valence-electron chi connectivity index (χ1n) is 6.43. The molecule has 1 saturated heterocycles. The van der Waals surface area contributed by atoms with Gasteiger partial charge in [-0.1, -0.05) is 23.2 Å². The van der Waals surface area contributed by atoms with Crippen LogP contribution >= 0.6 is 23.2 Å². The molecule has 1 aromatic carbocycles. The van der Waals surface area contributed by atoms with Crippen LogP contribution in [0, 0.1) is 5.92 Å². The van der Waals surface area contributed by atoms with Crippen LogP contribution in [0.2, 0.25) is 10.0 Å². The van der Waals surface area contributed by atoms with Crippen LogP contribution in [-0.4, -0.2) is 19.8 Å². The van der Waals surface area contributed by atoms with Gasteiger partial charge in [-0.3, -0.25) is 0 Å². The SMILES string of the molecule is CC(NCC1CCCOC1)c1cc(Cl)ccc1Cl. The molecule has 4 heteroatoms. The summed E-state index contributed by atoms with van der Waals surface area (Å²) in [5.41, 5.74) is 1.06. The molecule has 2 atom stereocenters. The molecule has 0 saturated carbocycles. The van der Waals surface area contributed by atoms with Gasteiger partial charge in [0, 0.05) is 29.2 Å². The maximum Gasteiger partial charge on any atom is 0.0506 e. The zero-order valence-corrected chi connectivity index (χ0v) is 12.1. The second-order valence-corrected chi connectivity index (χ2v) is 5.72. The topological polar surface area (TPSA) is 21.3 Å². The molecule has 1 heterocycles. The van der Waals surface area contributed by atoms with Crippen molar-refractivity contribution in [3.63, 3.8) is 0 Å². The molecule has 1 N–H and O–H groups in total. The van der Waals surface area contributed by atoms with E-state index in [2.05, 4.69) is 12.2 Å². The fourth-order valence-electron chi connectivity index (χ4n) is 2.27. The van der Waals surface area contributed by atoms with Crippen molar-refractivity contribution in [1.29, 1.82) is 0 Å². The van der Waals surface area contributed by atoms with Gasteiger partial charge in [0.2, 0.25) is 0 Å². The molecule has 1 aliphatic heterocycles. The Bertz CT molecular complexity index is 391. The third-order valence-electron chi connectivity index (χ3n) is 3.39. The lowest BCUT2D eigenvalue weighted by Crippen LogP contribution is -2.30. The largest absolute Gasteiger partial charge is 0.381 e. The minimum Gasteiger partial charge on any atom is -0.381 e. The van der Waals surface area contributed by atoms with Crippen LogP contribution in [-0.2, 0) is 4.74 Å². The highest BCUT2D eigenvalue weighted by Gasteiger charge is 2.16. The van der Waals surface area contributed by atoms with Gasteiger partial charge >= 0.3 is 0 Å². The summed E-state index contributed by atoms with van der Waals surface area (Å²) in [6.45, 7) is 4.85. The predicted octanol–water partition coefficient (Wildman–Crippen LogP) is 4.07. The Morgan fingerprint density at radius 2 is 2.28 bits per heavy atom. The number of ether oxygens (including phenoxy) is 1. The number of nitrogens with one attached hydrogen (secondary N) is 1. The van der Waals surface area contributed by atoms with Crippen LogP contribution in [0.3, 0.4) is 0 Å². The molecule has 0 spiro atoms. The maximum atomic E-state index is 6.19. The molecule has 100 valence electrons. The van der Waals surface area contributed by atoms with Crippen molar-refractivity contribution in [3.8, 4) is 0 Å². The van der Waals surface area contributed by atoms with E-state index >= 15 is 0 Å². The third-order valence-corrected chi connectivity index (χ3v) is 3.97. The fourth-order valence-corrected chi connectivity index (χ4v) is 2.73. The van der Waals surface area contributed by atoms with Crippen molar-refractivity contribution in [3.05, 3.63) is 33.8 Å². The highest BCUT2D eigenvalue weighted by Crippen LogP contribution is 2.26. The van der Waals surface area contributed by atoms with Crippen LogP contribution in [0.15, 0.2) is 18.2 Å². The molecule has 1 aromatic rings. The van der Waals surface area contributed by atoms with Gasteiger partial charge in [-0.05, 0) is 49.4 Å². The molecule has 0 bridgehead atoms. The van der Waals surface area contributed by atoms with E-state index in [0.717, 1.165) is 35.4 Å². The molecule has 1 aliphatic rings. The minimum absolute atomic E-state index is 0.207. The van der Waals surface area contributed by atoms with Gasteiger partial charge in [0.05, 0.1) is 6.61 Å². The molecule has 18 heavy (non-hydrogen) atoms. The van der Waals surface area contributed by atoms with E-state index in [0.29, 0.717) is 5.92 Å². The van der Waals surface area contributed by atoms with E-state index in [4.69, 9.17) is 27.9 Å². The summed E-state index contributed by atoms with van der Waals surface area (Å²) in [6.07, 6.45) is 2.40. The summed E-state index contributed by atoms with van der Waals surface area (Å²) in [7, 11) is 0. The summed E-state index contributed by atoms with van der Waals surface area (Å²) in [5.74, 6) is 0.610. The Morgan fingerprint density at radius 3 is 3.00 bits per heavy atom. The quantitative estimate of drug-likeness (QED) is 0.901. The summed E-state index contributed by atoms with van der Waals surface area (Å²) < 4.78 is 5.48. The molecule has 0 aliphatic carbocycles. The average Bonchev–Trinajstić information content (AvgIpc) is 2.40. The zero-order valence-electron chi connectivity index (χ0n) is 10.6. The van der Waals surface area contributed by atoms with Crippen molar-refractivity contribution >= 4 is 23.2 Å². The van der Waals surface area contributed by atoms with Gasteiger partial charge in [0.25, 0.3) is 0 Å². The summed E-state index contributed by atoms with van der Waals surface area (Å²) in [6, 6.07) is 5.80. The van der Waals surface area contributed by atoms with Crippen molar-refractivity contribution in [2.45, 2.75) is 25.8 Å². The van der Waals surface area contributed by atoms with Crippen molar-refractivity contribution in [2.75, 3.05) is 19.8 Å². The minimum atomic E-state index is 0.207. The van der Waals surface area contributed by atoms with Crippen LogP contribution in [0.5, 0.6) is 0 Å². The lowest BCUT2D eigenvalue weighted by Gasteiger charge is -2.24. The van der Waals surface area contributed by atoms with Crippen molar-refractivity contribution in [2.24, 2.45) is 5.92 Å². The molecule has 1 fully saturated rings. The average molecular weight is 288 g/mol. The van der Waals surface area contributed by atoms with Gasteiger partial charge in [-0.2, -0.15) is 0 Å². The summed E-state index contributed by atoms with van der Waals surface area (Å²) >= 11 is 12.2. The van der Waals surface area contributed by atoms with Crippen molar-refractivity contribution in [1.82, 2.24) is 5.32 Å². The first-order chi connectivity index (χ1) is 8.66. The van der Waals surface area contributed by atoms with Gasteiger partial charge in [0.15, 0.2) is 0 Å². The van der Waals surface area contributed by atoms with E-state index in [1.54, 1.807) is 0 Å². The maximum absolute atomic E-state index is 6.19. The number of halogens is 2. The molecule has 0 aromatic heterocycles.